The monoisotopic (exact) mass is 432 g/mol. The van der Waals surface area contributed by atoms with E-state index in [1.54, 1.807) is 6.07 Å². The molecule has 0 aliphatic rings. The molecule has 1 heterocycles. The average molecular weight is 432 g/mol. The molecule has 1 aromatic heterocycles. The molecule has 3 aromatic rings. The number of nitrogens with one attached hydrogen (secondary N) is 2. The van der Waals surface area contributed by atoms with E-state index < -0.39 is 29.7 Å². The third-order valence-electron chi connectivity index (χ3n) is 4.47. The van der Waals surface area contributed by atoms with Crippen molar-refractivity contribution in [3.05, 3.63) is 59.2 Å². The molecule has 3 rings (SSSR count). The van der Waals surface area contributed by atoms with E-state index in [9.17, 15) is 22.8 Å². The van der Waals surface area contributed by atoms with Crippen LogP contribution in [0.2, 0.25) is 0 Å². The van der Waals surface area contributed by atoms with Crippen LogP contribution in [0, 0.1) is 13.8 Å². The smallest absolute Gasteiger partial charge is 0.307 e. The number of amides is 3. The minimum atomic E-state index is -4.51. The molecule has 162 valence electrons. The number of halogens is 3. The quantitative estimate of drug-likeness (QED) is 0.651. The van der Waals surface area contributed by atoms with Crippen LogP contribution >= 0.6 is 0 Å². The zero-order chi connectivity index (χ0) is 22.8. The molecule has 8 nitrogen and oxygen atoms in total. The van der Waals surface area contributed by atoms with E-state index in [0.29, 0.717) is 5.69 Å². The number of urea groups is 1. The summed E-state index contributed by atoms with van der Waals surface area (Å²) in [7, 11) is 0. The maximum Gasteiger partial charge on any atom is 0.416 e. The van der Waals surface area contributed by atoms with Crippen molar-refractivity contribution in [2.24, 2.45) is 0 Å². The highest BCUT2D eigenvalue weighted by atomic mass is 19.4. The molecule has 0 fully saturated rings. The fraction of sp³-hybridized carbons (Fsp3) is 0.250. The topological polar surface area (TPSA) is 102 Å². The van der Waals surface area contributed by atoms with Crippen molar-refractivity contribution in [1.29, 1.82) is 0 Å². The summed E-state index contributed by atoms with van der Waals surface area (Å²) in [5.41, 5.74) is 1.66. The highest BCUT2D eigenvalue weighted by Crippen LogP contribution is 2.31. The first-order valence-electron chi connectivity index (χ1n) is 9.21. The van der Waals surface area contributed by atoms with E-state index >= 15 is 0 Å². The van der Waals surface area contributed by atoms with E-state index in [1.165, 1.54) is 19.1 Å². The lowest BCUT2D eigenvalue weighted by Crippen LogP contribution is -2.39. The van der Waals surface area contributed by atoms with Crippen LogP contribution in [0.15, 0.2) is 42.5 Å². The van der Waals surface area contributed by atoms with Gasteiger partial charge in [-0.1, -0.05) is 29.8 Å². The Kier molecular flexibility index (Phi) is 6.04. The number of benzene rings is 2. The Bertz CT molecular complexity index is 1130. The molecule has 2 N–H and O–H groups in total. The summed E-state index contributed by atoms with van der Waals surface area (Å²) in [6.45, 7) is 5.17. The summed E-state index contributed by atoms with van der Waals surface area (Å²) >= 11 is 0. The van der Waals surface area contributed by atoms with Gasteiger partial charge in [0.15, 0.2) is 0 Å². The lowest BCUT2D eigenvalue weighted by Gasteiger charge is -2.12. The number of nitrogens with zero attached hydrogens (tertiary/aromatic N) is 4. The minimum Gasteiger partial charge on any atom is -0.307 e. The molecular formula is C20H19F3N6O2. The first-order chi connectivity index (χ1) is 14.5. The number of carbonyl (C=O) groups is 2. The van der Waals surface area contributed by atoms with Gasteiger partial charge in [-0.25, -0.2) is 4.79 Å². The highest BCUT2D eigenvalue weighted by molar-refractivity contribution is 6.02. The third kappa shape index (κ3) is 5.24. The third-order valence-corrected chi connectivity index (χ3v) is 4.47. The largest absolute Gasteiger partial charge is 0.416 e. The first kappa shape index (κ1) is 21.9. The molecule has 31 heavy (non-hydrogen) atoms. The predicted molar refractivity (Wildman–Crippen MR) is 106 cm³/mol. The van der Waals surface area contributed by atoms with Gasteiger partial charge in [-0.3, -0.25) is 10.1 Å². The lowest BCUT2D eigenvalue weighted by atomic mass is 10.1. The standard InChI is InChI=1S/C20H19F3N6O2/c1-11-7-8-16(12(2)9-11)24-19(31)25-18(30)13(3)29-27-17(26-28-29)14-5-4-6-15(10-14)20(21,22)23/h4-10,13H,1-3H3,(H2,24,25,30,31). The van der Waals surface area contributed by atoms with Crippen LogP contribution in [0.1, 0.15) is 29.7 Å². The SMILES string of the molecule is Cc1ccc(NC(=O)NC(=O)C(C)n2nnc(-c3cccc(C(F)(F)F)c3)n2)c(C)c1. The van der Waals surface area contributed by atoms with E-state index in [2.05, 4.69) is 26.0 Å². The van der Waals surface area contributed by atoms with E-state index in [4.69, 9.17) is 0 Å². The second-order valence-corrected chi connectivity index (χ2v) is 6.95. The first-order valence-corrected chi connectivity index (χ1v) is 9.21. The summed E-state index contributed by atoms with van der Waals surface area (Å²) in [5.74, 6) is -0.791. The van der Waals surface area contributed by atoms with Crippen molar-refractivity contribution in [2.45, 2.75) is 33.0 Å². The van der Waals surface area contributed by atoms with Gasteiger partial charge in [-0.2, -0.15) is 18.0 Å². The number of anilines is 1. The van der Waals surface area contributed by atoms with Crippen LogP contribution < -0.4 is 10.6 Å². The van der Waals surface area contributed by atoms with Gasteiger partial charge in [0.2, 0.25) is 5.82 Å². The minimum absolute atomic E-state index is 0.0783. The lowest BCUT2D eigenvalue weighted by molar-refractivity contribution is -0.137. The Balaban J connectivity index is 1.68. The molecular weight excluding hydrogens is 413 g/mol. The molecule has 1 atom stereocenters. The van der Waals surface area contributed by atoms with Crippen LogP contribution in [0.25, 0.3) is 11.4 Å². The fourth-order valence-corrected chi connectivity index (χ4v) is 2.77. The van der Waals surface area contributed by atoms with Gasteiger partial charge in [0.1, 0.15) is 6.04 Å². The number of aromatic nitrogens is 4. The Labute approximate surface area is 175 Å². The number of alkyl halides is 3. The maximum atomic E-state index is 12.9. The number of hydrogen-bond acceptors (Lipinski definition) is 5. The van der Waals surface area contributed by atoms with Gasteiger partial charge >= 0.3 is 12.2 Å². The molecule has 0 radical (unpaired) electrons. The molecule has 0 saturated heterocycles. The number of rotatable bonds is 4. The predicted octanol–water partition coefficient (Wildman–Crippen LogP) is 3.89. The highest BCUT2D eigenvalue weighted by Gasteiger charge is 2.31. The van der Waals surface area contributed by atoms with E-state index in [-0.39, 0.29) is 11.4 Å². The second-order valence-electron chi connectivity index (χ2n) is 6.95. The van der Waals surface area contributed by atoms with Gasteiger partial charge < -0.3 is 5.32 Å². The van der Waals surface area contributed by atoms with E-state index in [0.717, 1.165) is 28.1 Å². The Morgan fingerprint density at radius 3 is 2.52 bits per heavy atom. The zero-order valence-electron chi connectivity index (χ0n) is 16.9. The van der Waals surface area contributed by atoms with E-state index in [1.807, 2.05) is 26.0 Å². The summed E-state index contributed by atoms with van der Waals surface area (Å²) in [6.07, 6.45) is -4.51. The molecule has 1 unspecified atom stereocenters. The number of aryl methyl sites for hydroxylation is 2. The van der Waals surface area contributed by atoms with Gasteiger partial charge in [-0.05, 0) is 49.7 Å². The molecule has 2 aromatic carbocycles. The van der Waals surface area contributed by atoms with Crippen molar-refractivity contribution in [1.82, 2.24) is 25.5 Å². The second kappa shape index (κ2) is 8.54. The van der Waals surface area contributed by atoms with Crippen LogP contribution in [-0.4, -0.2) is 32.1 Å². The zero-order valence-corrected chi connectivity index (χ0v) is 16.9. The number of imide groups is 1. The van der Waals surface area contributed by atoms with Gasteiger partial charge in [-0.15, -0.1) is 10.2 Å². The number of carbonyl (C=O) groups excluding carboxylic acids is 2. The van der Waals surface area contributed by atoms with Gasteiger partial charge in [0, 0.05) is 11.3 Å². The fourth-order valence-electron chi connectivity index (χ4n) is 2.77. The molecule has 0 bridgehead atoms. The number of hydrogen-bond donors (Lipinski definition) is 2. The van der Waals surface area contributed by atoms with Crippen molar-refractivity contribution in [2.75, 3.05) is 5.32 Å². The molecule has 3 amide bonds. The van der Waals surface area contributed by atoms with Crippen molar-refractivity contribution in [3.63, 3.8) is 0 Å². The molecule has 0 aliphatic carbocycles. The van der Waals surface area contributed by atoms with Crippen LogP contribution in [0.4, 0.5) is 23.7 Å². The maximum absolute atomic E-state index is 12.9. The molecule has 0 saturated carbocycles. The summed E-state index contributed by atoms with van der Waals surface area (Å²) in [5, 5.41) is 16.2. The Hall–Kier alpha value is -3.76. The van der Waals surface area contributed by atoms with Crippen molar-refractivity contribution >= 4 is 17.6 Å². The summed E-state index contributed by atoms with van der Waals surface area (Å²) in [6, 6.07) is 8.11. The molecule has 11 heteroatoms. The average Bonchev–Trinajstić information content (AvgIpc) is 3.19. The molecule has 0 aliphatic heterocycles. The molecule has 0 spiro atoms. The summed E-state index contributed by atoms with van der Waals surface area (Å²) < 4.78 is 38.7. The normalized spacial score (nSPS) is 12.3. The van der Waals surface area contributed by atoms with Gasteiger partial charge in [0.05, 0.1) is 5.56 Å². The van der Waals surface area contributed by atoms with Crippen molar-refractivity contribution in [3.8, 4) is 11.4 Å². The number of tetrazole rings is 1. The Morgan fingerprint density at radius 2 is 1.84 bits per heavy atom. The van der Waals surface area contributed by atoms with Crippen LogP contribution in [0.5, 0.6) is 0 Å². The Morgan fingerprint density at radius 1 is 1.10 bits per heavy atom. The van der Waals surface area contributed by atoms with Crippen LogP contribution in [-0.2, 0) is 11.0 Å². The summed E-state index contributed by atoms with van der Waals surface area (Å²) in [4.78, 5) is 25.4. The van der Waals surface area contributed by atoms with Crippen molar-refractivity contribution < 1.29 is 22.8 Å². The van der Waals surface area contributed by atoms with Gasteiger partial charge in [0.25, 0.3) is 5.91 Å². The van der Waals surface area contributed by atoms with Crippen LogP contribution in [0.3, 0.4) is 0 Å².